The normalized spacial score (nSPS) is 8.36. The molecule has 0 atom stereocenters. The maximum atomic E-state index is 11.8. The molecule has 2 heteroatoms. The van der Waals surface area contributed by atoms with Crippen molar-refractivity contribution in [2.45, 2.75) is 13.8 Å². The minimum Gasteiger partial charge on any atom is -0.497 e. The van der Waals surface area contributed by atoms with Crippen LogP contribution in [0.4, 0.5) is 4.39 Å². The highest BCUT2D eigenvalue weighted by Crippen LogP contribution is 1.98. The second-order valence-corrected chi connectivity index (χ2v) is 1.45. The van der Waals surface area contributed by atoms with Crippen LogP contribution in [0.2, 0.25) is 0 Å². The largest absolute Gasteiger partial charge is 0.497 e. The number of allylic oxidation sites excluding steroid dienone is 3. The van der Waals surface area contributed by atoms with Crippen LogP contribution in [-0.2, 0) is 4.74 Å². The van der Waals surface area contributed by atoms with Crippen LogP contribution < -0.4 is 0 Å². The molecule has 0 saturated heterocycles. The minimum atomic E-state index is -0.506. The lowest BCUT2D eigenvalue weighted by atomic mass is 10.4. The Balaban J connectivity index is 0. The fraction of sp³-hybridized carbons (Fsp3) is 0.333. The molecule has 0 aromatic rings. The van der Waals surface area contributed by atoms with Gasteiger partial charge < -0.3 is 4.74 Å². The number of halogens is 1. The SMILES string of the molecule is C=C(F)/C=C\C(=C)OC.CC. The molecule has 0 unspecified atom stereocenters. The first-order chi connectivity index (χ1) is 5.16. The third-order valence-electron chi connectivity index (χ3n) is 0.712. The van der Waals surface area contributed by atoms with E-state index in [0.29, 0.717) is 5.76 Å². The molecular weight excluding hydrogens is 143 g/mol. The number of methoxy groups -OCH3 is 1. The van der Waals surface area contributed by atoms with E-state index >= 15 is 0 Å². The molecule has 0 aromatic carbocycles. The Morgan fingerprint density at radius 3 is 2.00 bits per heavy atom. The number of hydrogen-bond acceptors (Lipinski definition) is 1. The topological polar surface area (TPSA) is 9.23 Å². The Labute approximate surface area is 67.9 Å². The molecule has 0 spiro atoms. The lowest BCUT2D eigenvalue weighted by molar-refractivity contribution is 0.308. The lowest BCUT2D eigenvalue weighted by Crippen LogP contribution is -1.76. The fourth-order valence-corrected chi connectivity index (χ4v) is 0.251. The van der Waals surface area contributed by atoms with E-state index in [4.69, 9.17) is 0 Å². The molecule has 0 heterocycles. The predicted octanol–water partition coefficient (Wildman–Crippen LogP) is 3.21. The highest BCUT2D eigenvalue weighted by molar-refractivity contribution is 5.16. The summed E-state index contributed by atoms with van der Waals surface area (Å²) in [5.74, 6) is -0.0954. The second-order valence-electron chi connectivity index (χ2n) is 1.45. The van der Waals surface area contributed by atoms with Crippen LogP contribution in [-0.4, -0.2) is 7.11 Å². The molecule has 0 radical (unpaired) electrons. The van der Waals surface area contributed by atoms with Gasteiger partial charge in [0, 0.05) is 0 Å². The lowest BCUT2D eigenvalue weighted by Gasteiger charge is -1.93. The molecule has 0 aromatic heterocycles. The summed E-state index contributed by atoms with van der Waals surface area (Å²) >= 11 is 0. The van der Waals surface area contributed by atoms with Crippen molar-refractivity contribution in [3.63, 3.8) is 0 Å². The summed E-state index contributed by atoms with van der Waals surface area (Å²) in [5, 5.41) is 0. The molecule has 1 nitrogen and oxygen atoms in total. The Morgan fingerprint density at radius 2 is 1.73 bits per heavy atom. The Kier molecular flexibility index (Phi) is 10.3. The third-order valence-corrected chi connectivity index (χ3v) is 0.712. The van der Waals surface area contributed by atoms with Crippen LogP contribution in [0.5, 0.6) is 0 Å². The van der Waals surface area contributed by atoms with Gasteiger partial charge in [0.25, 0.3) is 0 Å². The first-order valence-electron chi connectivity index (χ1n) is 3.42. The predicted molar refractivity (Wildman–Crippen MR) is 46.9 cm³/mol. The van der Waals surface area contributed by atoms with Gasteiger partial charge >= 0.3 is 0 Å². The molecule has 0 rings (SSSR count). The van der Waals surface area contributed by atoms with Gasteiger partial charge in [0.1, 0.15) is 11.6 Å². The average Bonchev–Trinajstić information content (AvgIpc) is 2.04. The van der Waals surface area contributed by atoms with Crippen molar-refractivity contribution in [3.05, 3.63) is 36.9 Å². The van der Waals surface area contributed by atoms with Crippen LogP contribution in [0.1, 0.15) is 13.8 Å². The van der Waals surface area contributed by atoms with E-state index in [1.54, 1.807) is 0 Å². The van der Waals surface area contributed by atoms with Gasteiger partial charge in [0.2, 0.25) is 0 Å². The van der Waals surface area contributed by atoms with Crippen molar-refractivity contribution < 1.29 is 9.13 Å². The molecule has 0 saturated carbocycles. The summed E-state index contributed by atoms with van der Waals surface area (Å²) in [7, 11) is 1.47. The first-order valence-corrected chi connectivity index (χ1v) is 3.42. The maximum absolute atomic E-state index is 11.8. The van der Waals surface area contributed by atoms with Gasteiger partial charge in [0.05, 0.1) is 7.11 Å². The van der Waals surface area contributed by atoms with E-state index in [1.165, 1.54) is 19.3 Å². The maximum Gasteiger partial charge on any atom is 0.116 e. The molecule has 64 valence electrons. The zero-order valence-corrected chi connectivity index (χ0v) is 7.36. The van der Waals surface area contributed by atoms with Crippen LogP contribution in [0.3, 0.4) is 0 Å². The number of hydrogen-bond donors (Lipinski definition) is 0. The van der Waals surface area contributed by atoms with Crippen LogP contribution >= 0.6 is 0 Å². The summed E-state index contributed by atoms with van der Waals surface area (Å²) in [6.07, 6.45) is 2.59. The summed E-state index contributed by atoms with van der Waals surface area (Å²) < 4.78 is 16.4. The quantitative estimate of drug-likeness (QED) is 0.452. The molecular formula is C9H15FO. The second kappa shape index (κ2) is 8.95. The van der Waals surface area contributed by atoms with Crippen molar-refractivity contribution in [2.24, 2.45) is 0 Å². The third kappa shape index (κ3) is 12.2. The van der Waals surface area contributed by atoms with Crippen molar-refractivity contribution in [1.82, 2.24) is 0 Å². The molecule has 0 aliphatic carbocycles. The smallest absolute Gasteiger partial charge is 0.116 e. The number of ether oxygens (including phenoxy) is 1. The Morgan fingerprint density at radius 1 is 1.27 bits per heavy atom. The van der Waals surface area contributed by atoms with Crippen molar-refractivity contribution in [1.29, 1.82) is 0 Å². The number of rotatable bonds is 3. The molecule has 0 fully saturated rings. The molecule has 11 heavy (non-hydrogen) atoms. The van der Waals surface area contributed by atoms with Crippen molar-refractivity contribution in [2.75, 3.05) is 7.11 Å². The van der Waals surface area contributed by atoms with Gasteiger partial charge in [-0.15, -0.1) is 0 Å². The zero-order chi connectivity index (χ0) is 9.28. The zero-order valence-electron chi connectivity index (χ0n) is 7.36. The average molecular weight is 158 g/mol. The van der Waals surface area contributed by atoms with E-state index in [-0.39, 0.29) is 0 Å². The molecule has 0 aliphatic rings. The fourth-order valence-electron chi connectivity index (χ4n) is 0.251. The Hall–Kier alpha value is -1.05. The highest BCUT2D eigenvalue weighted by atomic mass is 19.1. The molecule has 0 aliphatic heterocycles. The highest BCUT2D eigenvalue weighted by Gasteiger charge is 1.82. The summed E-state index contributed by atoms with van der Waals surface area (Å²) in [6.45, 7) is 10.4. The van der Waals surface area contributed by atoms with Crippen LogP contribution in [0.15, 0.2) is 36.9 Å². The molecule has 0 bridgehead atoms. The van der Waals surface area contributed by atoms with E-state index in [0.717, 1.165) is 0 Å². The van der Waals surface area contributed by atoms with E-state index in [2.05, 4.69) is 17.9 Å². The van der Waals surface area contributed by atoms with Gasteiger partial charge in [0.15, 0.2) is 0 Å². The first kappa shape index (κ1) is 12.6. The van der Waals surface area contributed by atoms with E-state index < -0.39 is 5.83 Å². The van der Waals surface area contributed by atoms with Crippen molar-refractivity contribution in [3.8, 4) is 0 Å². The standard InChI is InChI=1S/C7H9FO.C2H6/c1-6(8)4-5-7(2)9-3;1-2/h4-5H,1-2H2,3H3;1-2H3/b5-4-;. The van der Waals surface area contributed by atoms with Gasteiger partial charge in [-0.25, -0.2) is 4.39 Å². The van der Waals surface area contributed by atoms with Gasteiger partial charge in [-0.2, -0.15) is 0 Å². The van der Waals surface area contributed by atoms with Gasteiger partial charge in [-0.3, -0.25) is 0 Å². The summed E-state index contributed by atoms with van der Waals surface area (Å²) in [6, 6.07) is 0. The van der Waals surface area contributed by atoms with Gasteiger partial charge in [-0.05, 0) is 12.2 Å². The minimum absolute atomic E-state index is 0.411. The molecule has 0 amide bonds. The van der Waals surface area contributed by atoms with Crippen LogP contribution in [0, 0.1) is 0 Å². The van der Waals surface area contributed by atoms with Crippen molar-refractivity contribution >= 4 is 0 Å². The Bertz CT molecular complexity index is 148. The van der Waals surface area contributed by atoms with Crippen LogP contribution in [0.25, 0.3) is 0 Å². The summed E-state index contributed by atoms with van der Waals surface area (Å²) in [4.78, 5) is 0. The van der Waals surface area contributed by atoms with E-state index in [9.17, 15) is 4.39 Å². The van der Waals surface area contributed by atoms with E-state index in [1.807, 2.05) is 13.8 Å². The monoisotopic (exact) mass is 158 g/mol. The molecule has 0 N–H and O–H groups in total. The summed E-state index contributed by atoms with van der Waals surface area (Å²) in [5.41, 5.74) is 0. The van der Waals surface area contributed by atoms with Gasteiger partial charge in [-0.1, -0.05) is 27.0 Å².